The molecule has 0 radical (unpaired) electrons. The number of amides is 1. The smallest absolute Gasteiger partial charge is 0.322 e. The van der Waals surface area contributed by atoms with E-state index in [1.54, 1.807) is 26.0 Å². The van der Waals surface area contributed by atoms with Crippen LogP contribution >= 0.6 is 11.6 Å². The predicted molar refractivity (Wildman–Crippen MR) is 78.0 cm³/mol. The molecule has 0 heterocycles. The summed E-state index contributed by atoms with van der Waals surface area (Å²) in [5.74, 6) is -4.94. The van der Waals surface area contributed by atoms with Gasteiger partial charge < -0.3 is 10.4 Å². The van der Waals surface area contributed by atoms with Crippen LogP contribution in [0.5, 0.6) is 0 Å². The fraction of sp³-hybridized carbons (Fsp3) is 0.333. The first kappa shape index (κ1) is 16.2. The summed E-state index contributed by atoms with van der Waals surface area (Å²) in [5, 5.41) is 11.0. The van der Waals surface area contributed by atoms with Gasteiger partial charge in [0.2, 0.25) is 5.91 Å². The van der Waals surface area contributed by atoms with Gasteiger partial charge in [0.05, 0.1) is 5.41 Å². The molecular formula is C15H14ClNO5. The lowest BCUT2D eigenvalue weighted by Gasteiger charge is -2.34. The Morgan fingerprint density at radius 3 is 2.55 bits per heavy atom. The minimum atomic E-state index is -1.56. The lowest BCUT2D eigenvalue weighted by molar-refractivity contribution is -0.140. The molecule has 1 aliphatic rings. The van der Waals surface area contributed by atoms with Crippen LogP contribution in [-0.2, 0) is 19.8 Å². The van der Waals surface area contributed by atoms with Crippen LogP contribution in [0.25, 0.3) is 0 Å². The summed E-state index contributed by atoms with van der Waals surface area (Å²) >= 11 is 5.89. The van der Waals surface area contributed by atoms with Gasteiger partial charge in [-0.15, -0.1) is 0 Å². The standard InChI is InChI=1S/C15H14ClNO5/c1-15(2)9-4-3-7(16)5-8(9)12(20)11(13(15)21)14(22)17-6-10(18)19/h3-5,11H,6H2,1-2H3,(H,17,22)(H,18,19). The summed E-state index contributed by atoms with van der Waals surface area (Å²) in [6.07, 6.45) is 0. The van der Waals surface area contributed by atoms with Gasteiger partial charge in [0.1, 0.15) is 6.54 Å². The van der Waals surface area contributed by atoms with E-state index in [0.717, 1.165) is 0 Å². The maximum atomic E-state index is 12.5. The number of carboxylic acid groups (broad SMARTS) is 1. The topological polar surface area (TPSA) is 101 Å². The number of hydrogen-bond acceptors (Lipinski definition) is 4. The number of ketones is 2. The highest BCUT2D eigenvalue weighted by atomic mass is 35.5. The molecule has 22 heavy (non-hydrogen) atoms. The Balaban J connectivity index is 2.46. The van der Waals surface area contributed by atoms with Crippen molar-refractivity contribution in [3.8, 4) is 0 Å². The molecule has 0 saturated heterocycles. The number of carbonyl (C=O) groups excluding carboxylic acids is 3. The van der Waals surface area contributed by atoms with Gasteiger partial charge in [-0.3, -0.25) is 19.2 Å². The molecule has 1 aliphatic carbocycles. The van der Waals surface area contributed by atoms with Crippen molar-refractivity contribution >= 4 is 35.0 Å². The van der Waals surface area contributed by atoms with Gasteiger partial charge in [-0.1, -0.05) is 17.7 Å². The van der Waals surface area contributed by atoms with Gasteiger partial charge >= 0.3 is 5.97 Å². The SMILES string of the molecule is CC1(C)C(=O)C(C(=O)NCC(=O)O)C(=O)c2cc(Cl)ccc21. The summed E-state index contributed by atoms with van der Waals surface area (Å²) in [6.45, 7) is 2.58. The van der Waals surface area contributed by atoms with E-state index in [2.05, 4.69) is 5.32 Å². The van der Waals surface area contributed by atoms with Gasteiger partial charge in [0.25, 0.3) is 0 Å². The minimum Gasteiger partial charge on any atom is -0.480 e. The van der Waals surface area contributed by atoms with Crippen molar-refractivity contribution in [2.45, 2.75) is 19.3 Å². The predicted octanol–water partition coefficient (Wildman–Crippen LogP) is 1.20. The van der Waals surface area contributed by atoms with E-state index in [1.165, 1.54) is 6.07 Å². The van der Waals surface area contributed by atoms with Crippen LogP contribution in [0.15, 0.2) is 18.2 Å². The molecule has 1 atom stereocenters. The van der Waals surface area contributed by atoms with Crippen molar-refractivity contribution in [3.63, 3.8) is 0 Å². The van der Waals surface area contributed by atoms with E-state index in [1.807, 2.05) is 0 Å². The Bertz CT molecular complexity index is 695. The Kier molecular flexibility index (Phi) is 4.06. The van der Waals surface area contributed by atoms with Crippen LogP contribution in [-0.4, -0.2) is 35.1 Å². The molecule has 1 aromatic carbocycles. The fourth-order valence-electron chi connectivity index (χ4n) is 2.54. The van der Waals surface area contributed by atoms with Crippen LogP contribution in [0.3, 0.4) is 0 Å². The van der Waals surface area contributed by atoms with Gasteiger partial charge in [-0.25, -0.2) is 0 Å². The first-order chi connectivity index (χ1) is 10.2. The molecule has 0 bridgehead atoms. The van der Waals surface area contributed by atoms with Gasteiger partial charge in [0.15, 0.2) is 17.5 Å². The largest absolute Gasteiger partial charge is 0.480 e. The molecule has 7 heteroatoms. The van der Waals surface area contributed by atoms with Crippen LogP contribution in [0.1, 0.15) is 29.8 Å². The van der Waals surface area contributed by atoms with Crippen molar-refractivity contribution in [2.75, 3.05) is 6.54 Å². The fourth-order valence-corrected chi connectivity index (χ4v) is 2.71. The molecule has 2 N–H and O–H groups in total. The summed E-state index contributed by atoms with van der Waals surface area (Å²) in [5.41, 5.74) is -0.319. The normalized spacial score (nSPS) is 19.5. The Hall–Kier alpha value is -2.21. The van der Waals surface area contributed by atoms with E-state index < -0.39 is 41.3 Å². The number of halogens is 1. The van der Waals surface area contributed by atoms with Crippen molar-refractivity contribution in [2.24, 2.45) is 5.92 Å². The third-order valence-corrected chi connectivity index (χ3v) is 3.97. The summed E-state index contributed by atoms with van der Waals surface area (Å²) in [6, 6.07) is 4.59. The van der Waals surface area contributed by atoms with Crippen LogP contribution < -0.4 is 5.32 Å². The number of Topliss-reactive ketones (excluding diaryl/α,β-unsaturated/α-hetero) is 2. The highest BCUT2D eigenvalue weighted by Crippen LogP contribution is 2.38. The average molecular weight is 324 g/mol. The van der Waals surface area contributed by atoms with Crippen LogP contribution in [0.2, 0.25) is 5.02 Å². The van der Waals surface area contributed by atoms with Crippen LogP contribution in [0, 0.1) is 5.92 Å². The third kappa shape index (κ3) is 2.62. The lowest BCUT2D eigenvalue weighted by atomic mass is 9.66. The zero-order valence-corrected chi connectivity index (χ0v) is 12.7. The first-order valence-corrected chi connectivity index (χ1v) is 6.92. The Morgan fingerprint density at radius 1 is 1.32 bits per heavy atom. The molecule has 0 saturated carbocycles. The molecule has 116 valence electrons. The molecule has 1 amide bonds. The molecule has 6 nitrogen and oxygen atoms in total. The van der Waals surface area contributed by atoms with Crippen LogP contribution in [0.4, 0.5) is 0 Å². The number of hydrogen-bond donors (Lipinski definition) is 2. The quantitative estimate of drug-likeness (QED) is 0.814. The number of aliphatic carboxylic acids is 1. The molecule has 0 spiro atoms. The second-order valence-electron chi connectivity index (χ2n) is 5.59. The maximum absolute atomic E-state index is 12.5. The van der Waals surface area contributed by atoms with E-state index >= 15 is 0 Å². The van der Waals surface area contributed by atoms with Crippen molar-refractivity contribution in [1.29, 1.82) is 0 Å². The van der Waals surface area contributed by atoms with Gasteiger partial charge in [-0.2, -0.15) is 0 Å². The molecule has 0 aliphatic heterocycles. The average Bonchev–Trinajstić information content (AvgIpc) is 2.43. The van der Waals surface area contributed by atoms with Crippen molar-refractivity contribution in [3.05, 3.63) is 34.3 Å². The van der Waals surface area contributed by atoms with E-state index in [9.17, 15) is 19.2 Å². The zero-order chi connectivity index (χ0) is 16.7. The Labute approximate surface area is 131 Å². The second kappa shape index (κ2) is 5.53. The minimum absolute atomic E-state index is 0.215. The van der Waals surface area contributed by atoms with Gasteiger partial charge in [-0.05, 0) is 31.5 Å². The molecule has 1 aromatic rings. The summed E-state index contributed by atoms with van der Waals surface area (Å²) in [7, 11) is 0. The number of benzene rings is 1. The number of carboxylic acids is 1. The second-order valence-corrected chi connectivity index (χ2v) is 6.02. The third-order valence-electron chi connectivity index (χ3n) is 3.74. The molecular weight excluding hydrogens is 310 g/mol. The number of rotatable bonds is 3. The lowest BCUT2D eigenvalue weighted by Crippen LogP contribution is -2.51. The highest BCUT2D eigenvalue weighted by molar-refractivity contribution is 6.33. The molecule has 2 rings (SSSR count). The van der Waals surface area contributed by atoms with E-state index in [-0.39, 0.29) is 5.56 Å². The number of carbonyl (C=O) groups is 4. The van der Waals surface area contributed by atoms with E-state index in [4.69, 9.17) is 16.7 Å². The molecule has 0 aromatic heterocycles. The zero-order valence-electron chi connectivity index (χ0n) is 12.0. The van der Waals surface area contributed by atoms with Gasteiger partial charge in [0, 0.05) is 10.6 Å². The van der Waals surface area contributed by atoms with E-state index in [0.29, 0.717) is 10.6 Å². The monoisotopic (exact) mass is 323 g/mol. The van der Waals surface area contributed by atoms with Crippen molar-refractivity contribution < 1.29 is 24.3 Å². The summed E-state index contributed by atoms with van der Waals surface area (Å²) < 4.78 is 0. The summed E-state index contributed by atoms with van der Waals surface area (Å²) in [4.78, 5) is 47.6. The number of nitrogens with one attached hydrogen (secondary N) is 1. The highest BCUT2D eigenvalue weighted by Gasteiger charge is 2.49. The first-order valence-electron chi connectivity index (χ1n) is 6.54. The van der Waals surface area contributed by atoms with Crippen molar-refractivity contribution in [1.82, 2.24) is 5.32 Å². The molecule has 1 unspecified atom stereocenters. The maximum Gasteiger partial charge on any atom is 0.322 e. The molecule has 0 fully saturated rings. The Morgan fingerprint density at radius 2 is 1.95 bits per heavy atom. The number of fused-ring (bicyclic) bond motifs is 1.